The highest BCUT2D eigenvalue weighted by molar-refractivity contribution is 5.72. The second kappa shape index (κ2) is 24.9. The highest BCUT2D eigenvalue weighted by Gasteiger charge is 2.14. The van der Waals surface area contributed by atoms with Crippen LogP contribution in [0.15, 0.2) is 12.2 Å². The first kappa shape index (κ1) is 34.2. The zero-order chi connectivity index (χ0) is 26.9. The van der Waals surface area contributed by atoms with Crippen LogP contribution in [0.1, 0.15) is 150 Å². The first-order valence-electron chi connectivity index (χ1n) is 14.9. The molecule has 1 unspecified atom stereocenters. The minimum absolute atomic E-state index is 0.206. The van der Waals surface area contributed by atoms with Gasteiger partial charge >= 0.3 is 11.9 Å². The van der Waals surface area contributed by atoms with Crippen molar-refractivity contribution in [2.45, 2.75) is 156 Å². The molecule has 0 amide bonds. The van der Waals surface area contributed by atoms with E-state index < -0.39 is 6.10 Å². The molecule has 0 aliphatic carbocycles. The Bertz CT molecular complexity index is 626. The van der Waals surface area contributed by atoms with Crippen molar-refractivity contribution in [3.8, 4) is 11.8 Å². The molecule has 0 aromatic carbocycles. The zero-order valence-electron chi connectivity index (χ0n) is 24.1. The average Bonchev–Trinajstić information content (AvgIpc) is 2.82. The van der Waals surface area contributed by atoms with E-state index in [0.29, 0.717) is 25.4 Å². The molecule has 0 radical (unpaired) electrons. The van der Waals surface area contributed by atoms with Gasteiger partial charge in [-0.05, 0) is 37.7 Å². The standard InChI is InChI=1S/C32H56O4/c1-6-7-8-9-10-11-12-13-14-15-16-17-18-19-20-26-35-31(33)22-21-23-32(34)36-30(27-29(4)5)25-24-28(2)3/h29-30H,2,6-23,26-27H2,1,3-5H3. The molecule has 0 rings (SSSR count). The van der Waals surface area contributed by atoms with E-state index in [0.717, 1.165) is 18.4 Å². The Labute approximate surface area is 223 Å². The molecule has 0 spiro atoms. The Morgan fingerprint density at radius 3 is 1.67 bits per heavy atom. The zero-order valence-corrected chi connectivity index (χ0v) is 24.1. The minimum atomic E-state index is -0.425. The Kier molecular flexibility index (Phi) is 23.7. The van der Waals surface area contributed by atoms with Gasteiger partial charge < -0.3 is 9.47 Å². The molecule has 36 heavy (non-hydrogen) atoms. The van der Waals surface area contributed by atoms with Gasteiger partial charge in [-0.15, -0.1) is 0 Å². The van der Waals surface area contributed by atoms with Gasteiger partial charge in [-0.25, -0.2) is 0 Å². The van der Waals surface area contributed by atoms with Crippen LogP contribution in [0.25, 0.3) is 0 Å². The number of allylic oxidation sites excluding steroid dienone is 1. The van der Waals surface area contributed by atoms with Crippen LogP contribution in [-0.2, 0) is 19.1 Å². The van der Waals surface area contributed by atoms with Crippen molar-refractivity contribution < 1.29 is 19.1 Å². The summed E-state index contributed by atoms with van der Waals surface area (Å²) in [7, 11) is 0. The maximum absolute atomic E-state index is 12.1. The first-order chi connectivity index (χ1) is 17.3. The van der Waals surface area contributed by atoms with Crippen LogP contribution in [0.4, 0.5) is 0 Å². The molecule has 0 aliphatic heterocycles. The van der Waals surface area contributed by atoms with Crippen molar-refractivity contribution in [3.05, 3.63) is 12.2 Å². The molecule has 0 heterocycles. The second-order valence-electron chi connectivity index (χ2n) is 10.7. The lowest BCUT2D eigenvalue weighted by Crippen LogP contribution is -2.19. The van der Waals surface area contributed by atoms with Gasteiger partial charge in [0, 0.05) is 12.8 Å². The molecule has 4 heteroatoms. The molecule has 0 fully saturated rings. The maximum atomic E-state index is 12.1. The molecular formula is C32H56O4. The highest BCUT2D eigenvalue weighted by atomic mass is 16.5. The van der Waals surface area contributed by atoms with Crippen molar-refractivity contribution >= 4 is 11.9 Å². The van der Waals surface area contributed by atoms with E-state index in [9.17, 15) is 9.59 Å². The van der Waals surface area contributed by atoms with E-state index in [1.807, 2.05) is 6.92 Å². The second-order valence-corrected chi connectivity index (χ2v) is 10.7. The predicted octanol–water partition coefficient (Wildman–Crippen LogP) is 9.11. The lowest BCUT2D eigenvalue weighted by atomic mass is 10.0. The number of hydrogen-bond acceptors (Lipinski definition) is 4. The van der Waals surface area contributed by atoms with Crippen LogP contribution in [-0.4, -0.2) is 24.6 Å². The van der Waals surface area contributed by atoms with Crippen LogP contribution < -0.4 is 0 Å². The quantitative estimate of drug-likeness (QED) is 0.0791. The summed E-state index contributed by atoms with van der Waals surface area (Å²) in [5, 5.41) is 0. The van der Waals surface area contributed by atoms with Gasteiger partial charge in [-0.3, -0.25) is 9.59 Å². The maximum Gasteiger partial charge on any atom is 0.307 e. The van der Waals surface area contributed by atoms with Crippen molar-refractivity contribution in [2.24, 2.45) is 5.92 Å². The molecule has 0 saturated heterocycles. The van der Waals surface area contributed by atoms with Gasteiger partial charge in [0.05, 0.1) is 6.61 Å². The fourth-order valence-electron chi connectivity index (χ4n) is 4.09. The van der Waals surface area contributed by atoms with E-state index in [1.54, 1.807) is 0 Å². The molecule has 0 saturated carbocycles. The van der Waals surface area contributed by atoms with Crippen LogP contribution in [0, 0.1) is 17.8 Å². The van der Waals surface area contributed by atoms with Gasteiger partial charge in [-0.1, -0.05) is 129 Å². The lowest BCUT2D eigenvalue weighted by molar-refractivity contribution is -0.147. The molecule has 0 aromatic rings. The summed E-state index contributed by atoms with van der Waals surface area (Å²) in [6, 6.07) is 0. The van der Waals surface area contributed by atoms with Gasteiger partial charge in [0.15, 0.2) is 6.10 Å². The number of carbonyl (C=O) groups is 2. The summed E-state index contributed by atoms with van der Waals surface area (Å²) in [4.78, 5) is 24.0. The molecule has 208 valence electrons. The van der Waals surface area contributed by atoms with Crippen molar-refractivity contribution in [3.63, 3.8) is 0 Å². The third-order valence-corrected chi connectivity index (χ3v) is 6.18. The number of rotatable bonds is 23. The molecule has 0 aromatic heterocycles. The molecular weight excluding hydrogens is 448 g/mol. The topological polar surface area (TPSA) is 52.6 Å². The summed E-state index contributed by atoms with van der Waals surface area (Å²) < 4.78 is 10.8. The van der Waals surface area contributed by atoms with E-state index >= 15 is 0 Å². The Morgan fingerprint density at radius 2 is 1.19 bits per heavy atom. The lowest BCUT2D eigenvalue weighted by Gasteiger charge is -2.14. The fraction of sp³-hybridized carbons (Fsp3) is 0.812. The van der Waals surface area contributed by atoms with Crippen molar-refractivity contribution in [1.82, 2.24) is 0 Å². The monoisotopic (exact) mass is 504 g/mol. The Balaban J connectivity index is 3.59. The first-order valence-corrected chi connectivity index (χ1v) is 14.9. The van der Waals surface area contributed by atoms with E-state index in [4.69, 9.17) is 9.47 Å². The smallest absolute Gasteiger partial charge is 0.307 e. The molecule has 0 bridgehead atoms. The van der Waals surface area contributed by atoms with Gasteiger partial charge in [0.25, 0.3) is 0 Å². The van der Waals surface area contributed by atoms with E-state index in [1.165, 1.54) is 83.5 Å². The molecule has 0 aliphatic rings. The predicted molar refractivity (Wildman–Crippen MR) is 152 cm³/mol. The van der Waals surface area contributed by atoms with E-state index in [-0.39, 0.29) is 24.8 Å². The number of unbranched alkanes of at least 4 members (excludes halogenated alkanes) is 14. The third-order valence-electron chi connectivity index (χ3n) is 6.18. The number of esters is 2. The highest BCUT2D eigenvalue weighted by Crippen LogP contribution is 2.14. The van der Waals surface area contributed by atoms with Crippen molar-refractivity contribution in [2.75, 3.05) is 6.61 Å². The fourth-order valence-corrected chi connectivity index (χ4v) is 4.09. The van der Waals surface area contributed by atoms with E-state index in [2.05, 4.69) is 39.2 Å². The number of hydrogen-bond donors (Lipinski definition) is 0. The summed E-state index contributed by atoms with van der Waals surface area (Å²) in [6.45, 7) is 12.5. The average molecular weight is 505 g/mol. The van der Waals surface area contributed by atoms with Crippen LogP contribution in [0.5, 0.6) is 0 Å². The largest absolute Gasteiger partial charge is 0.466 e. The van der Waals surface area contributed by atoms with Gasteiger partial charge in [0.1, 0.15) is 0 Å². The summed E-state index contributed by atoms with van der Waals surface area (Å²) >= 11 is 0. The van der Waals surface area contributed by atoms with Crippen LogP contribution in [0.3, 0.4) is 0 Å². The summed E-state index contributed by atoms with van der Waals surface area (Å²) in [5.41, 5.74) is 0.747. The van der Waals surface area contributed by atoms with Crippen LogP contribution >= 0.6 is 0 Å². The summed E-state index contributed by atoms with van der Waals surface area (Å²) in [6.07, 6.45) is 20.9. The van der Waals surface area contributed by atoms with Gasteiger partial charge in [-0.2, -0.15) is 0 Å². The van der Waals surface area contributed by atoms with Crippen molar-refractivity contribution in [1.29, 1.82) is 0 Å². The molecule has 1 atom stereocenters. The number of carbonyl (C=O) groups excluding carboxylic acids is 2. The molecule has 4 nitrogen and oxygen atoms in total. The molecule has 0 N–H and O–H groups in total. The normalized spacial score (nSPS) is 11.6. The Hall–Kier alpha value is -1.76. The Morgan fingerprint density at radius 1 is 0.722 bits per heavy atom. The third kappa shape index (κ3) is 25.3. The van der Waals surface area contributed by atoms with Crippen LogP contribution in [0.2, 0.25) is 0 Å². The van der Waals surface area contributed by atoms with Gasteiger partial charge in [0.2, 0.25) is 0 Å². The summed E-state index contributed by atoms with van der Waals surface area (Å²) in [5.74, 6) is 5.70. The number of ether oxygens (including phenoxy) is 2. The SMILES string of the molecule is C=C(C)C#CC(CC(C)C)OC(=O)CCCC(=O)OCCCCCCCCCCCCCCCCC. The minimum Gasteiger partial charge on any atom is -0.466 e.